The molecule has 0 spiro atoms. The number of carbonyl (C=O) groups is 1. The number of hydrogen-bond acceptors (Lipinski definition) is 4. The van der Waals surface area contributed by atoms with Gasteiger partial charge in [-0.25, -0.2) is 0 Å². The Morgan fingerprint density at radius 1 is 1.39 bits per heavy atom. The third-order valence-electron chi connectivity index (χ3n) is 4.45. The van der Waals surface area contributed by atoms with E-state index in [-0.39, 0.29) is 5.91 Å². The largest absolute Gasteiger partial charge is 0.380 e. The van der Waals surface area contributed by atoms with E-state index in [1.165, 1.54) is 0 Å². The molecular weight excluding hydrogens is 230 g/mol. The van der Waals surface area contributed by atoms with Crippen molar-refractivity contribution in [2.24, 2.45) is 5.73 Å². The minimum absolute atomic E-state index is 0.208. The Balaban J connectivity index is 2.02. The smallest absolute Gasteiger partial charge is 0.237 e. The number of nitrogens with two attached hydrogens (primary N) is 1. The van der Waals surface area contributed by atoms with Gasteiger partial charge in [-0.05, 0) is 39.2 Å². The molecule has 0 aromatic heterocycles. The predicted octanol–water partition coefficient (Wildman–Crippen LogP) is 0.0948. The van der Waals surface area contributed by atoms with Gasteiger partial charge in [0.1, 0.15) is 0 Å². The molecule has 1 saturated carbocycles. The number of amides is 1. The zero-order valence-electron chi connectivity index (χ0n) is 11.3. The quantitative estimate of drug-likeness (QED) is 0.750. The SMILES string of the molecule is CNC1(C(N)=O)CCCC(N2CCCOCC2)C1. The van der Waals surface area contributed by atoms with Crippen LogP contribution in [0.25, 0.3) is 0 Å². The molecule has 5 nitrogen and oxygen atoms in total. The van der Waals surface area contributed by atoms with Gasteiger partial charge in [0.25, 0.3) is 0 Å². The van der Waals surface area contributed by atoms with E-state index in [0.717, 1.165) is 58.4 Å². The molecule has 1 aliphatic heterocycles. The minimum Gasteiger partial charge on any atom is -0.380 e. The molecule has 5 heteroatoms. The molecule has 2 unspecified atom stereocenters. The Labute approximate surface area is 109 Å². The first-order chi connectivity index (χ1) is 8.68. The first-order valence-electron chi connectivity index (χ1n) is 6.98. The maximum Gasteiger partial charge on any atom is 0.237 e. The summed E-state index contributed by atoms with van der Waals surface area (Å²) in [6, 6.07) is 0.459. The monoisotopic (exact) mass is 255 g/mol. The van der Waals surface area contributed by atoms with E-state index in [1.54, 1.807) is 0 Å². The predicted molar refractivity (Wildman–Crippen MR) is 70.3 cm³/mol. The minimum atomic E-state index is -0.504. The number of nitrogens with one attached hydrogen (secondary N) is 1. The fourth-order valence-corrected chi connectivity index (χ4v) is 3.26. The summed E-state index contributed by atoms with van der Waals surface area (Å²) in [6.45, 7) is 3.71. The highest BCUT2D eigenvalue weighted by Crippen LogP contribution is 2.31. The van der Waals surface area contributed by atoms with Crippen molar-refractivity contribution in [3.8, 4) is 0 Å². The number of rotatable bonds is 3. The highest BCUT2D eigenvalue weighted by molar-refractivity contribution is 5.84. The van der Waals surface area contributed by atoms with E-state index in [1.807, 2.05) is 7.05 Å². The van der Waals surface area contributed by atoms with Crippen molar-refractivity contribution in [1.82, 2.24) is 10.2 Å². The first kappa shape index (κ1) is 13.8. The van der Waals surface area contributed by atoms with Crippen LogP contribution < -0.4 is 11.1 Å². The van der Waals surface area contributed by atoms with Gasteiger partial charge in [-0.15, -0.1) is 0 Å². The number of hydrogen-bond donors (Lipinski definition) is 2. The molecule has 2 fully saturated rings. The van der Waals surface area contributed by atoms with Crippen LogP contribution in [0, 0.1) is 0 Å². The van der Waals surface area contributed by atoms with Gasteiger partial charge in [-0.3, -0.25) is 9.69 Å². The summed E-state index contributed by atoms with van der Waals surface area (Å²) < 4.78 is 5.49. The molecule has 0 aromatic carbocycles. The molecule has 1 saturated heterocycles. The normalized spacial score (nSPS) is 35.1. The number of ether oxygens (including phenoxy) is 1. The Morgan fingerprint density at radius 2 is 2.22 bits per heavy atom. The average molecular weight is 255 g/mol. The summed E-state index contributed by atoms with van der Waals surface area (Å²) in [7, 11) is 1.85. The van der Waals surface area contributed by atoms with Crippen molar-refractivity contribution in [2.45, 2.75) is 43.7 Å². The molecule has 104 valence electrons. The molecular formula is C13H25N3O2. The summed E-state index contributed by atoms with van der Waals surface area (Å²) in [5, 5.41) is 3.17. The molecule has 2 rings (SSSR count). The molecule has 0 aromatic rings. The van der Waals surface area contributed by atoms with Gasteiger partial charge in [0.2, 0.25) is 5.91 Å². The molecule has 3 N–H and O–H groups in total. The fraction of sp³-hybridized carbons (Fsp3) is 0.923. The van der Waals surface area contributed by atoms with E-state index < -0.39 is 5.54 Å². The number of likely N-dealkylation sites (N-methyl/N-ethyl adjacent to an activating group) is 1. The van der Waals surface area contributed by atoms with Crippen molar-refractivity contribution in [1.29, 1.82) is 0 Å². The van der Waals surface area contributed by atoms with Crippen LogP contribution in [0.5, 0.6) is 0 Å². The van der Waals surface area contributed by atoms with Crippen molar-refractivity contribution in [2.75, 3.05) is 33.4 Å². The van der Waals surface area contributed by atoms with Gasteiger partial charge in [0, 0.05) is 25.7 Å². The van der Waals surface area contributed by atoms with Gasteiger partial charge in [0.05, 0.1) is 12.1 Å². The maximum atomic E-state index is 11.7. The van der Waals surface area contributed by atoms with Crippen LogP contribution >= 0.6 is 0 Å². The lowest BCUT2D eigenvalue weighted by Crippen LogP contribution is -2.59. The first-order valence-corrected chi connectivity index (χ1v) is 6.98. The van der Waals surface area contributed by atoms with Crippen molar-refractivity contribution in [3.63, 3.8) is 0 Å². The van der Waals surface area contributed by atoms with Crippen LogP contribution in [0.2, 0.25) is 0 Å². The molecule has 2 aliphatic rings. The van der Waals surface area contributed by atoms with Gasteiger partial charge in [-0.2, -0.15) is 0 Å². The second kappa shape index (κ2) is 5.99. The molecule has 0 radical (unpaired) electrons. The molecule has 2 atom stereocenters. The lowest BCUT2D eigenvalue weighted by Gasteiger charge is -2.42. The van der Waals surface area contributed by atoms with Crippen LogP contribution in [-0.2, 0) is 9.53 Å². The fourth-order valence-electron chi connectivity index (χ4n) is 3.26. The van der Waals surface area contributed by atoms with Crippen molar-refractivity contribution < 1.29 is 9.53 Å². The number of nitrogens with zero attached hydrogens (tertiary/aromatic N) is 1. The Morgan fingerprint density at radius 3 is 2.94 bits per heavy atom. The van der Waals surface area contributed by atoms with Crippen molar-refractivity contribution >= 4 is 5.91 Å². The van der Waals surface area contributed by atoms with Crippen LogP contribution in [0.3, 0.4) is 0 Å². The maximum absolute atomic E-state index is 11.7. The number of carbonyl (C=O) groups excluding carboxylic acids is 1. The second-order valence-electron chi connectivity index (χ2n) is 5.45. The average Bonchev–Trinajstić information content (AvgIpc) is 2.67. The van der Waals surface area contributed by atoms with Gasteiger partial charge in [0.15, 0.2) is 0 Å². The summed E-state index contributed by atoms with van der Waals surface area (Å²) in [5.41, 5.74) is 5.09. The lowest BCUT2D eigenvalue weighted by atomic mass is 9.78. The summed E-state index contributed by atoms with van der Waals surface area (Å²) >= 11 is 0. The third kappa shape index (κ3) is 2.84. The van der Waals surface area contributed by atoms with Crippen LogP contribution in [0.4, 0.5) is 0 Å². The molecule has 1 amide bonds. The highest BCUT2D eigenvalue weighted by Gasteiger charge is 2.41. The molecule has 1 heterocycles. The molecule has 1 aliphatic carbocycles. The summed E-state index contributed by atoms with van der Waals surface area (Å²) in [4.78, 5) is 14.2. The molecule has 18 heavy (non-hydrogen) atoms. The van der Waals surface area contributed by atoms with Gasteiger partial charge in [-0.1, -0.05) is 0 Å². The van der Waals surface area contributed by atoms with Crippen LogP contribution in [-0.4, -0.2) is 55.7 Å². The summed E-state index contributed by atoms with van der Waals surface area (Å²) in [5.74, 6) is -0.208. The van der Waals surface area contributed by atoms with Crippen LogP contribution in [0.15, 0.2) is 0 Å². The van der Waals surface area contributed by atoms with Gasteiger partial charge < -0.3 is 15.8 Å². The zero-order valence-corrected chi connectivity index (χ0v) is 11.3. The standard InChI is InChI=1S/C13H25N3O2/c1-15-13(12(14)17)5-2-4-11(10-13)16-6-3-8-18-9-7-16/h11,15H,2-10H2,1H3,(H2,14,17). The molecule has 0 bridgehead atoms. The zero-order chi connectivity index (χ0) is 13.0. The van der Waals surface area contributed by atoms with Gasteiger partial charge >= 0.3 is 0 Å². The summed E-state index contributed by atoms with van der Waals surface area (Å²) in [6.07, 6.45) is 5.00. The van der Waals surface area contributed by atoms with E-state index in [2.05, 4.69) is 10.2 Å². The topological polar surface area (TPSA) is 67.6 Å². The Bertz CT molecular complexity index is 290. The Hall–Kier alpha value is -0.650. The van der Waals surface area contributed by atoms with Crippen LogP contribution in [0.1, 0.15) is 32.1 Å². The number of primary amides is 1. The highest BCUT2D eigenvalue weighted by atomic mass is 16.5. The van der Waals surface area contributed by atoms with E-state index in [9.17, 15) is 4.79 Å². The van der Waals surface area contributed by atoms with E-state index in [0.29, 0.717) is 6.04 Å². The third-order valence-corrected chi connectivity index (χ3v) is 4.45. The second-order valence-corrected chi connectivity index (χ2v) is 5.45. The lowest BCUT2D eigenvalue weighted by molar-refractivity contribution is -0.126. The van der Waals surface area contributed by atoms with E-state index >= 15 is 0 Å². The van der Waals surface area contributed by atoms with E-state index in [4.69, 9.17) is 10.5 Å². The Kier molecular flexibility index (Phi) is 4.59. The van der Waals surface area contributed by atoms with Crippen molar-refractivity contribution in [3.05, 3.63) is 0 Å².